The van der Waals surface area contributed by atoms with E-state index in [4.69, 9.17) is 11.6 Å². The van der Waals surface area contributed by atoms with Gasteiger partial charge in [-0.3, -0.25) is 4.98 Å². The van der Waals surface area contributed by atoms with Crippen molar-refractivity contribution < 1.29 is 8.42 Å². The normalized spacial score (nSPS) is 17.3. The smallest absolute Gasteiger partial charge is 0.215 e. The molecule has 1 fully saturated rings. The first-order valence-corrected chi connectivity index (χ1v) is 8.99. The number of aromatic nitrogens is 2. The van der Waals surface area contributed by atoms with E-state index in [1.807, 2.05) is 0 Å². The molecule has 0 spiro atoms. The Hall–Kier alpha value is -0.570. The summed E-state index contributed by atoms with van der Waals surface area (Å²) in [4.78, 5) is 7.85. The molecule has 0 aliphatic carbocycles. The van der Waals surface area contributed by atoms with Crippen molar-refractivity contribution in [2.45, 2.75) is 0 Å². The summed E-state index contributed by atoms with van der Waals surface area (Å²) in [5.41, 5.74) is 0. The highest BCUT2D eigenvalue weighted by Gasteiger charge is 2.23. The summed E-state index contributed by atoms with van der Waals surface area (Å²) in [6.07, 6.45) is 2.94. The van der Waals surface area contributed by atoms with Crippen molar-refractivity contribution in [3.05, 3.63) is 17.5 Å². The second-order valence-electron chi connectivity index (χ2n) is 3.98. The highest BCUT2D eigenvalue weighted by Crippen LogP contribution is 2.13. The first-order chi connectivity index (χ1) is 9.08. The first kappa shape index (κ1) is 14.8. The van der Waals surface area contributed by atoms with Crippen molar-refractivity contribution in [3.63, 3.8) is 0 Å². The Bertz CT molecular complexity index is 520. The third-order valence-corrected chi connectivity index (χ3v) is 5.63. The van der Waals surface area contributed by atoms with Crippen LogP contribution in [0.25, 0.3) is 0 Å². The number of anilines is 1. The molecule has 0 aromatic carbocycles. The molecule has 1 aromatic rings. The van der Waals surface area contributed by atoms with Crippen LogP contribution in [-0.4, -0.2) is 59.6 Å². The Morgan fingerprint density at radius 3 is 2.79 bits per heavy atom. The summed E-state index contributed by atoms with van der Waals surface area (Å²) in [5.74, 6) is 2.27. The van der Waals surface area contributed by atoms with Gasteiger partial charge in [0.2, 0.25) is 10.0 Å². The molecule has 2 rings (SSSR count). The lowest BCUT2D eigenvalue weighted by Crippen LogP contribution is -2.40. The highest BCUT2D eigenvalue weighted by molar-refractivity contribution is 7.99. The van der Waals surface area contributed by atoms with Crippen LogP contribution < -0.4 is 5.32 Å². The van der Waals surface area contributed by atoms with Gasteiger partial charge in [0.15, 0.2) is 0 Å². The lowest BCUT2D eigenvalue weighted by atomic mass is 10.6. The minimum atomic E-state index is -3.19. The van der Waals surface area contributed by atoms with Gasteiger partial charge < -0.3 is 5.32 Å². The predicted molar refractivity (Wildman–Crippen MR) is 78.2 cm³/mol. The van der Waals surface area contributed by atoms with E-state index in [-0.39, 0.29) is 10.9 Å². The second-order valence-corrected chi connectivity index (χ2v) is 7.68. The maximum absolute atomic E-state index is 12.1. The molecule has 2 heterocycles. The number of halogens is 1. The van der Waals surface area contributed by atoms with E-state index in [0.29, 0.717) is 25.5 Å². The molecule has 0 atom stereocenters. The van der Waals surface area contributed by atoms with Crippen LogP contribution in [-0.2, 0) is 10.0 Å². The van der Waals surface area contributed by atoms with Crippen LogP contribution in [0.1, 0.15) is 0 Å². The Balaban J connectivity index is 1.84. The SMILES string of the molecule is O=S(=O)(CCNc1cncc(Cl)n1)N1CCSCC1. The fourth-order valence-electron chi connectivity index (χ4n) is 1.69. The zero-order chi connectivity index (χ0) is 13.7. The van der Waals surface area contributed by atoms with E-state index in [9.17, 15) is 8.42 Å². The molecule has 9 heteroatoms. The van der Waals surface area contributed by atoms with Gasteiger partial charge in [0.1, 0.15) is 11.0 Å². The topological polar surface area (TPSA) is 75.2 Å². The summed E-state index contributed by atoms with van der Waals surface area (Å²) in [6.45, 7) is 1.49. The quantitative estimate of drug-likeness (QED) is 0.869. The fraction of sp³-hybridized carbons (Fsp3) is 0.600. The standard InChI is InChI=1S/C10H15ClN4O2S2/c11-9-7-12-8-10(14-9)13-1-6-19(16,17)15-2-4-18-5-3-15/h7-8H,1-6H2,(H,13,14). The van der Waals surface area contributed by atoms with Crippen molar-refractivity contribution in [3.8, 4) is 0 Å². The molecule has 0 radical (unpaired) electrons. The number of hydrogen-bond acceptors (Lipinski definition) is 6. The molecule has 106 valence electrons. The van der Waals surface area contributed by atoms with Gasteiger partial charge in [0, 0.05) is 31.1 Å². The van der Waals surface area contributed by atoms with Gasteiger partial charge in [-0.25, -0.2) is 17.7 Å². The maximum Gasteiger partial charge on any atom is 0.215 e. The minimum Gasteiger partial charge on any atom is -0.368 e. The summed E-state index contributed by atoms with van der Waals surface area (Å²) >= 11 is 7.48. The third-order valence-electron chi connectivity index (χ3n) is 2.63. The molecule has 0 unspecified atom stereocenters. The largest absolute Gasteiger partial charge is 0.368 e. The summed E-state index contributed by atoms with van der Waals surface area (Å²) in [5, 5.41) is 3.19. The van der Waals surface area contributed by atoms with E-state index in [1.165, 1.54) is 12.4 Å². The van der Waals surface area contributed by atoms with E-state index in [2.05, 4.69) is 15.3 Å². The Labute approximate surface area is 122 Å². The number of hydrogen-bond donors (Lipinski definition) is 1. The zero-order valence-corrected chi connectivity index (χ0v) is 12.6. The van der Waals surface area contributed by atoms with Crippen molar-refractivity contribution >= 4 is 39.2 Å². The average molecular weight is 323 g/mol. The van der Waals surface area contributed by atoms with Gasteiger partial charge in [0.05, 0.1) is 18.1 Å². The van der Waals surface area contributed by atoms with Gasteiger partial charge in [-0.2, -0.15) is 11.8 Å². The Morgan fingerprint density at radius 2 is 2.11 bits per heavy atom. The first-order valence-electron chi connectivity index (χ1n) is 5.85. The molecule has 1 aliphatic heterocycles. The van der Waals surface area contributed by atoms with Gasteiger partial charge in [-0.05, 0) is 0 Å². The summed E-state index contributed by atoms with van der Waals surface area (Å²) < 4.78 is 25.7. The molecular formula is C10H15ClN4O2S2. The van der Waals surface area contributed by atoms with Crippen molar-refractivity contribution in [1.29, 1.82) is 0 Å². The van der Waals surface area contributed by atoms with Crippen LogP contribution in [0.4, 0.5) is 5.82 Å². The number of thioether (sulfide) groups is 1. The van der Waals surface area contributed by atoms with Crippen LogP contribution in [0.15, 0.2) is 12.4 Å². The van der Waals surface area contributed by atoms with Gasteiger partial charge in [0.25, 0.3) is 0 Å². The van der Waals surface area contributed by atoms with Gasteiger partial charge in [-0.15, -0.1) is 0 Å². The zero-order valence-electron chi connectivity index (χ0n) is 10.2. The van der Waals surface area contributed by atoms with Crippen molar-refractivity contribution in [2.24, 2.45) is 0 Å². The van der Waals surface area contributed by atoms with E-state index in [0.717, 1.165) is 11.5 Å². The lowest BCUT2D eigenvalue weighted by molar-refractivity contribution is 0.444. The van der Waals surface area contributed by atoms with Crippen molar-refractivity contribution in [1.82, 2.24) is 14.3 Å². The molecule has 0 bridgehead atoms. The van der Waals surface area contributed by atoms with Crippen LogP contribution in [0.2, 0.25) is 5.15 Å². The van der Waals surface area contributed by atoms with Gasteiger partial charge >= 0.3 is 0 Å². The number of sulfonamides is 1. The molecule has 1 aliphatic rings. The third kappa shape index (κ3) is 4.48. The monoisotopic (exact) mass is 322 g/mol. The van der Waals surface area contributed by atoms with Crippen LogP contribution in [0.5, 0.6) is 0 Å². The molecule has 6 nitrogen and oxygen atoms in total. The molecule has 1 N–H and O–H groups in total. The molecule has 19 heavy (non-hydrogen) atoms. The van der Waals surface area contributed by atoms with Crippen LogP contribution >= 0.6 is 23.4 Å². The van der Waals surface area contributed by atoms with Crippen molar-refractivity contribution in [2.75, 3.05) is 42.2 Å². The number of rotatable bonds is 5. The van der Waals surface area contributed by atoms with E-state index >= 15 is 0 Å². The molecule has 1 aromatic heterocycles. The highest BCUT2D eigenvalue weighted by atomic mass is 35.5. The lowest BCUT2D eigenvalue weighted by Gasteiger charge is -2.25. The Morgan fingerprint density at radius 1 is 1.37 bits per heavy atom. The average Bonchev–Trinajstić information content (AvgIpc) is 2.40. The molecule has 0 saturated carbocycles. The number of nitrogens with one attached hydrogen (secondary N) is 1. The van der Waals surface area contributed by atoms with E-state index < -0.39 is 10.0 Å². The number of nitrogens with zero attached hydrogens (tertiary/aromatic N) is 3. The summed E-state index contributed by atoms with van der Waals surface area (Å²) in [7, 11) is -3.19. The fourth-order valence-corrected chi connectivity index (χ4v) is 4.33. The Kier molecular flexibility index (Phi) is 5.26. The molecule has 0 amide bonds. The van der Waals surface area contributed by atoms with Gasteiger partial charge in [-0.1, -0.05) is 11.6 Å². The van der Waals surface area contributed by atoms with Crippen LogP contribution in [0, 0.1) is 0 Å². The van der Waals surface area contributed by atoms with Crippen LogP contribution in [0.3, 0.4) is 0 Å². The maximum atomic E-state index is 12.1. The second kappa shape index (κ2) is 6.74. The minimum absolute atomic E-state index is 0.0475. The summed E-state index contributed by atoms with van der Waals surface area (Å²) in [6, 6.07) is 0. The molecule has 1 saturated heterocycles. The van der Waals surface area contributed by atoms with E-state index in [1.54, 1.807) is 16.1 Å². The predicted octanol–water partition coefficient (Wildman–Crippen LogP) is 0.920. The molecular weight excluding hydrogens is 308 g/mol.